The summed E-state index contributed by atoms with van der Waals surface area (Å²) in [6.45, 7) is 2.47. The zero-order valence-electron chi connectivity index (χ0n) is 17.9. The zero-order valence-corrected chi connectivity index (χ0v) is 18.7. The Morgan fingerprint density at radius 3 is 2.50 bits per heavy atom. The van der Waals surface area contributed by atoms with Crippen molar-refractivity contribution in [3.8, 4) is 27.6 Å². The van der Waals surface area contributed by atoms with Crippen LogP contribution in [0.1, 0.15) is 18.9 Å². The Hall–Kier alpha value is -3.44. The second kappa shape index (κ2) is 8.97. The third kappa shape index (κ3) is 4.16. The monoisotopic (exact) mass is 440 g/mol. The molecular formula is C27H24N2O2S. The number of rotatable bonds is 6. The lowest BCUT2D eigenvalue weighted by Crippen LogP contribution is -2.45. The number of carbonyl (C=O) groups excluding carboxylic acids is 1. The molecule has 0 saturated heterocycles. The number of nitrogens with zero attached hydrogens (tertiary/aromatic N) is 2. The highest BCUT2D eigenvalue weighted by molar-refractivity contribution is 7.13. The van der Waals surface area contributed by atoms with Gasteiger partial charge in [-0.05, 0) is 43.5 Å². The minimum Gasteiger partial charge on any atom is -0.479 e. The van der Waals surface area contributed by atoms with Crippen molar-refractivity contribution in [1.29, 1.82) is 0 Å². The summed E-state index contributed by atoms with van der Waals surface area (Å²) in [6.07, 6.45) is 1.34. The van der Waals surface area contributed by atoms with Crippen LogP contribution in [0.4, 0.5) is 5.69 Å². The highest BCUT2D eigenvalue weighted by Crippen LogP contribution is 2.38. The quantitative estimate of drug-likeness (QED) is 0.357. The van der Waals surface area contributed by atoms with Gasteiger partial charge in [0.2, 0.25) is 0 Å². The van der Waals surface area contributed by atoms with Gasteiger partial charge in [-0.15, -0.1) is 11.3 Å². The number of aromatic nitrogens is 1. The maximum absolute atomic E-state index is 13.0. The van der Waals surface area contributed by atoms with Gasteiger partial charge in [0.15, 0.2) is 6.10 Å². The van der Waals surface area contributed by atoms with Gasteiger partial charge in [-0.1, -0.05) is 60.7 Å². The first-order valence-corrected chi connectivity index (χ1v) is 11.7. The van der Waals surface area contributed by atoms with Gasteiger partial charge in [-0.3, -0.25) is 4.79 Å². The van der Waals surface area contributed by atoms with Gasteiger partial charge in [0.25, 0.3) is 5.91 Å². The Kier molecular flexibility index (Phi) is 5.73. The summed E-state index contributed by atoms with van der Waals surface area (Å²) in [7, 11) is 0. The van der Waals surface area contributed by atoms with E-state index in [0.717, 1.165) is 46.1 Å². The fraction of sp³-hybridized carbons (Fsp3) is 0.185. The van der Waals surface area contributed by atoms with Gasteiger partial charge in [0, 0.05) is 23.1 Å². The minimum absolute atomic E-state index is 0.00552. The van der Waals surface area contributed by atoms with Gasteiger partial charge in [-0.2, -0.15) is 0 Å². The average molecular weight is 441 g/mol. The third-order valence-corrected chi connectivity index (χ3v) is 6.57. The van der Waals surface area contributed by atoms with Crippen LogP contribution in [0.5, 0.6) is 5.75 Å². The molecule has 4 nitrogen and oxygen atoms in total. The number of thiazole rings is 1. The Morgan fingerprint density at radius 1 is 0.969 bits per heavy atom. The van der Waals surface area contributed by atoms with E-state index in [4.69, 9.17) is 9.72 Å². The molecule has 0 N–H and O–H groups in total. The van der Waals surface area contributed by atoms with Crippen LogP contribution in [0, 0.1) is 0 Å². The maximum atomic E-state index is 13.0. The highest BCUT2D eigenvalue weighted by Gasteiger charge is 2.31. The summed E-state index contributed by atoms with van der Waals surface area (Å²) in [5.74, 6) is 0.755. The van der Waals surface area contributed by atoms with Crippen LogP contribution in [-0.4, -0.2) is 23.5 Å². The predicted octanol–water partition coefficient (Wildman–Crippen LogP) is 6.22. The summed E-state index contributed by atoms with van der Waals surface area (Å²) >= 11 is 1.63. The molecule has 1 aliphatic rings. The number of ether oxygens (including phenoxy) is 1. The average Bonchev–Trinajstić information content (AvgIpc) is 3.33. The van der Waals surface area contributed by atoms with Crippen molar-refractivity contribution in [2.24, 2.45) is 0 Å². The predicted molar refractivity (Wildman–Crippen MR) is 130 cm³/mol. The summed E-state index contributed by atoms with van der Waals surface area (Å²) in [6, 6.07) is 26.6. The van der Waals surface area contributed by atoms with E-state index in [2.05, 4.69) is 41.8 Å². The van der Waals surface area contributed by atoms with E-state index in [9.17, 15) is 4.79 Å². The Labute approximate surface area is 192 Å². The standard InChI is InChI=1S/C27H24N2O2S/c1-19-27(30)29(16-8-11-20-9-4-2-5-10-20)24-17-22(14-15-25(24)31-19)23-18-32-26(28-23)21-12-6-3-7-13-21/h2-7,9-10,12-15,17-19H,8,11,16H2,1H3. The molecule has 0 bridgehead atoms. The highest BCUT2D eigenvalue weighted by atomic mass is 32.1. The number of fused-ring (bicyclic) bond motifs is 1. The molecule has 5 heteroatoms. The lowest BCUT2D eigenvalue weighted by molar-refractivity contribution is -0.125. The van der Waals surface area contributed by atoms with Gasteiger partial charge < -0.3 is 9.64 Å². The van der Waals surface area contributed by atoms with Crippen LogP contribution >= 0.6 is 11.3 Å². The molecule has 1 aliphatic heterocycles. The number of hydrogen-bond donors (Lipinski definition) is 0. The second-order valence-corrected chi connectivity index (χ2v) is 8.78. The van der Waals surface area contributed by atoms with E-state index >= 15 is 0 Å². The molecule has 2 heterocycles. The fourth-order valence-electron chi connectivity index (χ4n) is 4.00. The molecule has 0 radical (unpaired) electrons. The molecule has 1 amide bonds. The molecule has 160 valence electrons. The van der Waals surface area contributed by atoms with E-state index in [0.29, 0.717) is 6.54 Å². The first kappa shape index (κ1) is 20.5. The fourth-order valence-corrected chi connectivity index (χ4v) is 4.84. The van der Waals surface area contributed by atoms with Gasteiger partial charge in [0.1, 0.15) is 10.8 Å². The van der Waals surface area contributed by atoms with Gasteiger partial charge >= 0.3 is 0 Å². The summed E-state index contributed by atoms with van der Waals surface area (Å²) < 4.78 is 5.90. The Morgan fingerprint density at radius 2 is 1.72 bits per heavy atom. The Balaban J connectivity index is 1.40. The van der Waals surface area contributed by atoms with Crippen LogP contribution in [-0.2, 0) is 11.2 Å². The maximum Gasteiger partial charge on any atom is 0.267 e. The lowest BCUT2D eigenvalue weighted by Gasteiger charge is -2.33. The van der Waals surface area contributed by atoms with Crippen molar-refractivity contribution < 1.29 is 9.53 Å². The minimum atomic E-state index is -0.478. The first-order valence-electron chi connectivity index (χ1n) is 10.9. The van der Waals surface area contributed by atoms with Crippen LogP contribution in [0.25, 0.3) is 21.8 Å². The molecule has 0 fully saturated rings. The van der Waals surface area contributed by atoms with Crippen molar-refractivity contribution in [2.45, 2.75) is 25.9 Å². The molecule has 1 unspecified atom stereocenters. The first-order chi connectivity index (χ1) is 15.7. The molecule has 0 spiro atoms. The molecule has 4 aromatic rings. The number of hydrogen-bond acceptors (Lipinski definition) is 4. The number of anilines is 1. The Bertz CT molecular complexity index is 1220. The van der Waals surface area contributed by atoms with Crippen LogP contribution < -0.4 is 9.64 Å². The second-order valence-electron chi connectivity index (χ2n) is 7.93. The topological polar surface area (TPSA) is 42.4 Å². The van der Waals surface area contributed by atoms with E-state index in [1.165, 1.54) is 5.56 Å². The van der Waals surface area contributed by atoms with Crippen molar-refractivity contribution in [3.05, 3.63) is 89.8 Å². The van der Waals surface area contributed by atoms with Gasteiger partial charge in [0.05, 0.1) is 11.4 Å². The SMILES string of the molecule is CC1Oc2ccc(-c3csc(-c4ccccc4)n3)cc2N(CCCc2ccccc2)C1=O. The summed E-state index contributed by atoms with van der Waals surface area (Å²) in [5, 5.41) is 3.05. The third-order valence-electron chi connectivity index (χ3n) is 5.68. The molecule has 0 saturated carbocycles. The van der Waals surface area contributed by atoms with Crippen molar-refractivity contribution in [3.63, 3.8) is 0 Å². The van der Waals surface area contributed by atoms with Crippen LogP contribution in [0.15, 0.2) is 84.2 Å². The van der Waals surface area contributed by atoms with Gasteiger partial charge in [-0.25, -0.2) is 4.98 Å². The molecule has 0 aliphatic carbocycles. The zero-order chi connectivity index (χ0) is 21.9. The number of amides is 1. The molecule has 1 atom stereocenters. The van der Waals surface area contributed by atoms with Crippen LogP contribution in [0.3, 0.4) is 0 Å². The largest absolute Gasteiger partial charge is 0.479 e. The van der Waals surface area contributed by atoms with E-state index < -0.39 is 6.10 Å². The van der Waals surface area contributed by atoms with E-state index in [1.807, 2.05) is 54.3 Å². The smallest absolute Gasteiger partial charge is 0.267 e. The van der Waals surface area contributed by atoms with E-state index in [1.54, 1.807) is 11.3 Å². The number of benzene rings is 3. The van der Waals surface area contributed by atoms with E-state index in [-0.39, 0.29) is 5.91 Å². The molecular weight excluding hydrogens is 416 g/mol. The van der Waals surface area contributed by atoms with Crippen molar-refractivity contribution >= 4 is 22.9 Å². The summed E-state index contributed by atoms with van der Waals surface area (Å²) in [5.41, 5.74) is 5.11. The molecule has 3 aromatic carbocycles. The number of aryl methyl sites for hydroxylation is 1. The molecule has 1 aromatic heterocycles. The molecule has 5 rings (SSSR count). The van der Waals surface area contributed by atoms with Crippen molar-refractivity contribution in [2.75, 3.05) is 11.4 Å². The lowest BCUT2D eigenvalue weighted by atomic mass is 10.1. The summed E-state index contributed by atoms with van der Waals surface area (Å²) in [4.78, 5) is 19.7. The normalized spacial score (nSPS) is 15.3. The van der Waals surface area contributed by atoms with Crippen molar-refractivity contribution in [1.82, 2.24) is 4.98 Å². The molecule has 32 heavy (non-hydrogen) atoms. The van der Waals surface area contributed by atoms with Crippen LogP contribution in [0.2, 0.25) is 0 Å². The number of carbonyl (C=O) groups is 1.